The van der Waals surface area contributed by atoms with Crippen LogP contribution in [0, 0.1) is 0 Å². The normalized spacial score (nSPS) is 10.7. The number of esters is 1. The Labute approximate surface area is 172 Å². The SMILES string of the molecule is CCCCCCc1c(C(=O)c2ccccc2)c(N)c(O)c(CC)c1C(=O)OCC. The van der Waals surface area contributed by atoms with Gasteiger partial charge in [-0.2, -0.15) is 0 Å². The van der Waals surface area contributed by atoms with Crippen molar-refractivity contribution in [1.29, 1.82) is 0 Å². The fourth-order valence-electron chi connectivity index (χ4n) is 3.63. The second-order valence-electron chi connectivity index (χ2n) is 7.05. The van der Waals surface area contributed by atoms with Crippen molar-refractivity contribution in [3.63, 3.8) is 0 Å². The van der Waals surface area contributed by atoms with Gasteiger partial charge in [0.25, 0.3) is 0 Å². The Bertz CT molecular complexity index is 859. The van der Waals surface area contributed by atoms with E-state index in [0.29, 0.717) is 29.5 Å². The number of unbranched alkanes of at least 4 members (excludes halogenated alkanes) is 3. The summed E-state index contributed by atoms with van der Waals surface area (Å²) >= 11 is 0. The van der Waals surface area contributed by atoms with E-state index < -0.39 is 5.97 Å². The molecule has 2 rings (SSSR count). The minimum Gasteiger partial charge on any atom is -0.505 e. The smallest absolute Gasteiger partial charge is 0.338 e. The number of ketones is 1. The Morgan fingerprint density at radius 2 is 1.66 bits per heavy atom. The standard InChI is InChI=1S/C24H31NO4/c1-4-7-8-12-15-18-19(24(28)29-6-3)17(5-2)23(27)21(25)20(18)22(26)16-13-10-9-11-14-16/h9-11,13-14,27H,4-8,12,15,25H2,1-3H3. The molecule has 0 unspecified atom stereocenters. The summed E-state index contributed by atoms with van der Waals surface area (Å²) in [5.41, 5.74) is 8.28. The molecule has 0 spiro atoms. The molecular formula is C24H31NO4. The van der Waals surface area contributed by atoms with Gasteiger partial charge < -0.3 is 15.6 Å². The summed E-state index contributed by atoms with van der Waals surface area (Å²) in [5.74, 6) is -1.02. The van der Waals surface area contributed by atoms with Gasteiger partial charge in [-0.3, -0.25) is 4.79 Å². The van der Waals surface area contributed by atoms with Crippen LogP contribution in [0.2, 0.25) is 0 Å². The third-order valence-corrected chi connectivity index (χ3v) is 5.09. The zero-order valence-corrected chi connectivity index (χ0v) is 17.6. The summed E-state index contributed by atoms with van der Waals surface area (Å²) in [6.45, 7) is 5.92. The first kappa shape index (κ1) is 22.5. The summed E-state index contributed by atoms with van der Waals surface area (Å²) in [6.07, 6.45) is 4.90. The number of carbonyl (C=O) groups excluding carboxylic acids is 2. The molecule has 0 aliphatic heterocycles. The largest absolute Gasteiger partial charge is 0.505 e. The molecule has 0 aromatic heterocycles. The number of ether oxygens (including phenoxy) is 1. The zero-order valence-electron chi connectivity index (χ0n) is 17.6. The highest BCUT2D eigenvalue weighted by Crippen LogP contribution is 2.38. The highest BCUT2D eigenvalue weighted by Gasteiger charge is 2.29. The van der Waals surface area contributed by atoms with Gasteiger partial charge >= 0.3 is 5.97 Å². The van der Waals surface area contributed by atoms with Crippen LogP contribution >= 0.6 is 0 Å². The van der Waals surface area contributed by atoms with Gasteiger partial charge in [-0.05, 0) is 31.7 Å². The van der Waals surface area contributed by atoms with Crippen molar-refractivity contribution >= 4 is 17.4 Å². The van der Waals surface area contributed by atoms with E-state index in [4.69, 9.17) is 10.5 Å². The molecule has 2 aromatic carbocycles. The lowest BCUT2D eigenvalue weighted by molar-refractivity contribution is 0.0523. The molecule has 0 aliphatic carbocycles. The molecule has 0 amide bonds. The molecule has 2 aromatic rings. The van der Waals surface area contributed by atoms with E-state index in [1.54, 1.807) is 31.2 Å². The molecule has 0 saturated carbocycles. The van der Waals surface area contributed by atoms with Crippen molar-refractivity contribution in [3.05, 3.63) is 58.1 Å². The van der Waals surface area contributed by atoms with Crippen molar-refractivity contribution in [1.82, 2.24) is 0 Å². The maximum absolute atomic E-state index is 13.3. The van der Waals surface area contributed by atoms with Crippen LogP contribution in [0.4, 0.5) is 5.69 Å². The van der Waals surface area contributed by atoms with Gasteiger partial charge in [0.1, 0.15) is 5.75 Å². The lowest BCUT2D eigenvalue weighted by atomic mass is 9.85. The van der Waals surface area contributed by atoms with Crippen LogP contribution in [0.25, 0.3) is 0 Å². The van der Waals surface area contributed by atoms with E-state index in [1.807, 2.05) is 13.0 Å². The summed E-state index contributed by atoms with van der Waals surface area (Å²) in [7, 11) is 0. The van der Waals surface area contributed by atoms with Gasteiger partial charge in [0.2, 0.25) is 0 Å². The Balaban J connectivity index is 2.71. The number of hydrogen-bond acceptors (Lipinski definition) is 5. The van der Waals surface area contributed by atoms with Gasteiger partial charge in [-0.1, -0.05) is 63.4 Å². The van der Waals surface area contributed by atoms with Gasteiger partial charge in [0.15, 0.2) is 5.78 Å². The molecule has 0 bridgehead atoms. The lowest BCUT2D eigenvalue weighted by Crippen LogP contribution is -2.19. The average molecular weight is 398 g/mol. The number of phenolic OH excluding ortho intramolecular Hbond substituents is 1. The molecule has 0 saturated heterocycles. The minimum atomic E-state index is -0.521. The molecule has 0 heterocycles. The number of phenols is 1. The first-order valence-corrected chi connectivity index (χ1v) is 10.4. The van der Waals surface area contributed by atoms with E-state index in [2.05, 4.69) is 6.92 Å². The van der Waals surface area contributed by atoms with Gasteiger partial charge in [0.05, 0.1) is 23.4 Å². The predicted molar refractivity (Wildman–Crippen MR) is 116 cm³/mol. The van der Waals surface area contributed by atoms with Crippen molar-refractivity contribution in [2.24, 2.45) is 0 Å². The Hall–Kier alpha value is -2.82. The Kier molecular flexibility index (Phi) is 8.25. The highest BCUT2D eigenvalue weighted by atomic mass is 16.5. The molecular weight excluding hydrogens is 366 g/mol. The third kappa shape index (κ3) is 4.97. The molecule has 0 aliphatic rings. The number of anilines is 1. The number of hydrogen-bond donors (Lipinski definition) is 2. The van der Waals surface area contributed by atoms with Crippen LogP contribution in [-0.2, 0) is 17.6 Å². The monoisotopic (exact) mass is 397 g/mol. The van der Waals surface area contributed by atoms with Gasteiger partial charge in [-0.25, -0.2) is 4.79 Å². The average Bonchev–Trinajstić information content (AvgIpc) is 2.73. The molecule has 156 valence electrons. The van der Waals surface area contributed by atoms with Crippen LogP contribution in [0.15, 0.2) is 30.3 Å². The second-order valence-corrected chi connectivity index (χ2v) is 7.05. The van der Waals surface area contributed by atoms with Gasteiger partial charge in [0, 0.05) is 11.1 Å². The van der Waals surface area contributed by atoms with E-state index >= 15 is 0 Å². The topological polar surface area (TPSA) is 89.6 Å². The quantitative estimate of drug-likeness (QED) is 0.192. The Morgan fingerprint density at radius 1 is 0.966 bits per heavy atom. The first-order valence-electron chi connectivity index (χ1n) is 10.4. The molecule has 0 radical (unpaired) electrons. The summed E-state index contributed by atoms with van der Waals surface area (Å²) < 4.78 is 5.27. The second kappa shape index (κ2) is 10.6. The minimum absolute atomic E-state index is 0.0363. The number of nitrogens with two attached hydrogens (primary N) is 1. The van der Waals surface area contributed by atoms with Crippen LogP contribution in [-0.4, -0.2) is 23.5 Å². The molecule has 0 atom stereocenters. The van der Waals surface area contributed by atoms with E-state index in [1.165, 1.54) is 0 Å². The third-order valence-electron chi connectivity index (χ3n) is 5.09. The number of aromatic hydroxyl groups is 1. The Morgan fingerprint density at radius 3 is 2.24 bits per heavy atom. The fourth-order valence-corrected chi connectivity index (χ4v) is 3.63. The first-order chi connectivity index (χ1) is 14.0. The molecule has 5 nitrogen and oxygen atoms in total. The maximum atomic E-state index is 13.3. The van der Waals surface area contributed by atoms with Crippen molar-refractivity contribution in [3.8, 4) is 5.75 Å². The molecule has 3 N–H and O–H groups in total. The fraction of sp³-hybridized carbons (Fsp3) is 0.417. The number of carbonyl (C=O) groups is 2. The maximum Gasteiger partial charge on any atom is 0.338 e. The number of rotatable bonds is 10. The van der Waals surface area contributed by atoms with Crippen LogP contribution < -0.4 is 5.73 Å². The summed E-state index contributed by atoms with van der Waals surface area (Å²) in [6, 6.07) is 8.79. The number of benzene rings is 2. The van der Waals surface area contributed by atoms with E-state index in [-0.39, 0.29) is 35.0 Å². The van der Waals surface area contributed by atoms with Crippen LogP contribution in [0.1, 0.15) is 83.9 Å². The predicted octanol–water partition coefficient (Wildman–Crippen LogP) is 5.07. The zero-order chi connectivity index (χ0) is 21.4. The van der Waals surface area contributed by atoms with Crippen molar-refractivity contribution < 1.29 is 19.4 Å². The van der Waals surface area contributed by atoms with E-state index in [9.17, 15) is 14.7 Å². The molecule has 29 heavy (non-hydrogen) atoms. The summed E-state index contributed by atoms with van der Waals surface area (Å²) in [5, 5.41) is 10.7. The highest BCUT2D eigenvalue weighted by molar-refractivity contribution is 6.15. The molecule has 0 fully saturated rings. The van der Waals surface area contributed by atoms with Crippen molar-refractivity contribution in [2.45, 2.75) is 59.3 Å². The molecule has 5 heteroatoms. The van der Waals surface area contributed by atoms with Crippen LogP contribution in [0.5, 0.6) is 5.75 Å². The number of nitrogen functional groups attached to an aromatic ring is 1. The summed E-state index contributed by atoms with van der Waals surface area (Å²) in [4.78, 5) is 26.1. The lowest BCUT2D eigenvalue weighted by Gasteiger charge is -2.21. The van der Waals surface area contributed by atoms with Crippen LogP contribution in [0.3, 0.4) is 0 Å². The van der Waals surface area contributed by atoms with Gasteiger partial charge in [-0.15, -0.1) is 0 Å². The van der Waals surface area contributed by atoms with E-state index in [0.717, 1.165) is 25.7 Å². The van der Waals surface area contributed by atoms with Crippen molar-refractivity contribution in [2.75, 3.05) is 12.3 Å².